The molecule has 0 unspecified atom stereocenters. The fraction of sp³-hybridized carbons (Fsp3) is 0.700. The second-order valence-corrected chi connectivity index (χ2v) is 3.62. The maximum Gasteiger partial charge on any atom is 0.0948 e. The molecule has 0 fully saturated rings. The monoisotopic (exact) mass is 181 g/mol. The van der Waals surface area contributed by atoms with Crippen molar-refractivity contribution in [3.05, 3.63) is 18.2 Å². The van der Waals surface area contributed by atoms with Crippen molar-refractivity contribution in [1.82, 2.24) is 14.9 Å². The Labute approximate surface area is 80.2 Å². The molecule has 0 aliphatic heterocycles. The molecule has 74 valence electrons. The first-order valence-corrected chi connectivity index (χ1v) is 4.90. The average molecular weight is 181 g/mol. The largest absolute Gasteiger partial charge is 0.334 e. The zero-order chi connectivity index (χ0) is 9.68. The third kappa shape index (κ3) is 2.84. The Kier molecular flexibility index (Phi) is 3.96. The van der Waals surface area contributed by atoms with E-state index >= 15 is 0 Å². The summed E-state index contributed by atoms with van der Waals surface area (Å²) in [6, 6.07) is 0. The number of hydrogen-bond donors (Lipinski definition) is 1. The van der Waals surface area contributed by atoms with Gasteiger partial charge in [0.05, 0.1) is 6.33 Å². The van der Waals surface area contributed by atoms with Gasteiger partial charge in [-0.05, 0) is 25.9 Å². The Morgan fingerprint density at radius 1 is 1.54 bits per heavy atom. The van der Waals surface area contributed by atoms with Crippen molar-refractivity contribution in [1.29, 1.82) is 0 Å². The molecule has 3 nitrogen and oxygen atoms in total. The van der Waals surface area contributed by atoms with Crippen molar-refractivity contribution < 1.29 is 0 Å². The lowest BCUT2D eigenvalue weighted by Crippen LogP contribution is -2.12. The van der Waals surface area contributed by atoms with Gasteiger partial charge in [-0.1, -0.05) is 13.8 Å². The van der Waals surface area contributed by atoms with Crippen molar-refractivity contribution >= 4 is 0 Å². The maximum absolute atomic E-state index is 4.16. The average Bonchev–Trinajstić information content (AvgIpc) is 2.53. The molecule has 0 aromatic carbocycles. The van der Waals surface area contributed by atoms with Crippen molar-refractivity contribution in [2.24, 2.45) is 0 Å². The number of imidazole rings is 1. The number of hydrogen-bond acceptors (Lipinski definition) is 2. The van der Waals surface area contributed by atoms with Crippen LogP contribution >= 0.6 is 0 Å². The molecule has 0 saturated carbocycles. The molecule has 1 aromatic rings. The molecule has 0 saturated heterocycles. The second-order valence-electron chi connectivity index (χ2n) is 3.62. The second kappa shape index (κ2) is 5.02. The molecule has 0 aliphatic rings. The minimum atomic E-state index is 0.567. The van der Waals surface area contributed by atoms with E-state index in [4.69, 9.17) is 0 Å². The van der Waals surface area contributed by atoms with Crippen LogP contribution in [0.3, 0.4) is 0 Å². The number of nitrogens with one attached hydrogen (secondary N) is 1. The zero-order valence-corrected chi connectivity index (χ0v) is 8.75. The molecule has 1 aromatic heterocycles. The van der Waals surface area contributed by atoms with Gasteiger partial charge in [-0.3, -0.25) is 0 Å². The van der Waals surface area contributed by atoms with Crippen LogP contribution in [-0.2, 0) is 6.54 Å². The summed E-state index contributed by atoms with van der Waals surface area (Å²) in [5.74, 6) is 0.567. The highest BCUT2D eigenvalue weighted by Gasteiger charge is 2.04. The van der Waals surface area contributed by atoms with Crippen LogP contribution in [-0.4, -0.2) is 23.1 Å². The summed E-state index contributed by atoms with van der Waals surface area (Å²) < 4.78 is 2.24. The Balaban J connectivity index is 2.50. The predicted octanol–water partition coefficient (Wildman–Crippen LogP) is 1.62. The lowest BCUT2D eigenvalue weighted by atomic mass is 10.1. The third-order valence-corrected chi connectivity index (χ3v) is 2.16. The zero-order valence-electron chi connectivity index (χ0n) is 8.75. The summed E-state index contributed by atoms with van der Waals surface area (Å²) in [5, 5.41) is 3.15. The Bertz CT molecular complexity index is 240. The predicted molar refractivity (Wildman–Crippen MR) is 54.9 cm³/mol. The molecule has 0 radical (unpaired) electrons. The van der Waals surface area contributed by atoms with E-state index in [1.165, 1.54) is 5.69 Å². The quantitative estimate of drug-likeness (QED) is 0.699. The minimum absolute atomic E-state index is 0.567. The molecule has 0 amide bonds. The van der Waals surface area contributed by atoms with Gasteiger partial charge >= 0.3 is 0 Å². The molecular weight excluding hydrogens is 162 g/mol. The molecule has 1 N–H and O–H groups in total. The van der Waals surface area contributed by atoms with Crippen LogP contribution in [0.25, 0.3) is 0 Å². The van der Waals surface area contributed by atoms with E-state index in [-0.39, 0.29) is 0 Å². The number of nitrogens with zero attached hydrogens (tertiary/aromatic N) is 2. The molecule has 0 aliphatic carbocycles. The highest BCUT2D eigenvalue weighted by Crippen LogP contribution is 2.13. The van der Waals surface area contributed by atoms with Crippen LogP contribution in [0.1, 0.15) is 31.9 Å². The third-order valence-electron chi connectivity index (χ3n) is 2.16. The maximum atomic E-state index is 4.16. The summed E-state index contributed by atoms with van der Waals surface area (Å²) >= 11 is 0. The standard InChI is InChI=1S/C10H19N3/c1-9(2)10-7-12-8-13(10)6-4-5-11-3/h7-9,11H,4-6H2,1-3H3. The van der Waals surface area contributed by atoms with Crippen LogP contribution in [0.4, 0.5) is 0 Å². The van der Waals surface area contributed by atoms with Crippen molar-refractivity contribution in [3.63, 3.8) is 0 Å². The number of aryl methyl sites for hydroxylation is 1. The molecule has 0 bridgehead atoms. The number of aromatic nitrogens is 2. The first kappa shape index (κ1) is 10.3. The van der Waals surface area contributed by atoms with Crippen molar-refractivity contribution in [3.8, 4) is 0 Å². The van der Waals surface area contributed by atoms with Gasteiger partial charge in [0.25, 0.3) is 0 Å². The molecule has 0 spiro atoms. The van der Waals surface area contributed by atoms with Gasteiger partial charge in [-0.15, -0.1) is 0 Å². The van der Waals surface area contributed by atoms with Gasteiger partial charge < -0.3 is 9.88 Å². The fourth-order valence-electron chi connectivity index (χ4n) is 1.42. The van der Waals surface area contributed by atoms with Crippen LogP contribution in [0.15, 0.2) is 12.5 Å². The summed E-state index contributed by atoms with van der Waals surface area (Å²) in [4.78, 5) is 4.16. The molecule has 1 heterocycles. The lowest BCUT2D eigenvalue weighted by Gasteiger charge is -2.09. The van der Waals surface area contributed by atoms with E-state index in [0.717, 1.165) is 19.5 Å². The fourth-order valence-corrected chi connectivity index (χ4v) is 1.42. The first-order valence-electron chi connectivity index (χ1n) is 4.90. The summed E-state index contributed by atoms with van der Waals surface area (Å²) in [5.41, 5.74) is 1.33. The topological polar surface area (TPSA) is 29.9 Å². The van der Waals surface area contributed by atoms with Crippen molar-refractivity contribution in [2.75, 3.05) is 13.6 Å². The molecule has 1 rings (SSSR count). The Morgan fingerprint density at radius 2 is 2.31 bits per heavy atom. The van der Waals surface area contributed by atoms with Crippen LogP contribution < -0.4 is 5.32 Å². The van der Waals surface area contributed by atoms with E-state index in [1.54, 1.807) is 0 Å². The summed E-state index contributed by atoms with van der Waals surface area (Å²) in [6.07, 6.45) is 5.04. The van der Waals surface area contributed by atoms with Gasteiger partial charge in [-0.25, -0.2) is 4.98 Å². The normalized spacial score (nSPS) is 11.1. The lowest BCUT2D eigenvalue weighted by molar-refractivity contribution is 0.581. The van der Waals surface area contributed by atoms with E-state index in [0.29, 0.717) is 5.92 Å². The van der Waals surface area contributed by atoms with Crippen molar-refractivity contribution in [2.45, 2.75) is 32.7 Å². The molecule has 3 heteroatoms. The van der Waals surface area contributed by atoms with Gasteiger partial charge in [0.1, 0.15) is 0 Å². The first-order chi connectivity index (χ1) is 6.25. The summed E-state index contributed by atoms with van der Waals surface area (Å²) in [6.45, 7) is 6.53. The highest BCUT2D eigenvalue weighted by molar-refractivity contribution is 5.03. The molecular formula is C10H19N3. The van der Waals surface area contributed by atoms with E-state index in [2.05, 4.69) is 28.7 Å². The van der Waals surface area contributed by atoms with E-state index in [1.807, 2.05) is 19.6 Å². The Hall–Kier alpha value is -0.830. The number of rotatable bonds is 5. The Morgan fingerprint density at radius 3 is 2.92 bits per heavy atom. The van der Waals surface area contributed by atoms with Crippen LogP contribution in [0.2, 0.25) is 0 Å². The van der Waals surface area contributed by atoms with Gasteiger partial charge in [0.15, 0.2) is 0 Å². The van der Waals surface area contributed by atoms with Crippen LogP contribution in [0.5, 0.6) is 0 Å². The van der Waals surface area contributed by atoms with E-state index in [9.17, 15) is 0 Å². The smallest absolute Gasteiger partial charge is 0.0948 e. The van der Waals surface area contributed by atoms with Gasteiger partial charge in [-0.2, -0.15) is 0 Å². The highest BCUT2D eigenvalue weighted by atomic mass is 15.0. The summed E-state index contributed by atoms with van der Waals surface area (Å²) in [7, 11) is 1.98. The minimum Gasteiger partial charge on any atom is -0.334 e. The molecule has 13 heavy (non-hydrogen) atoms. The molecule has 0 atom stereocenters. The van der Waals surface area contributed by atoms with Gasteiger partial charge in [0, 0.05) is 18.4 Å². The van der Waals surface area contributed by atoms with Crippen LogP contribution in [0, 0.1) is 0 Å². The van der Waals surface area contributed by atoms with E-state index < -0.39 is 0 Å². The SMILES string of the molecule is CNCCCn1cncc1C(C)C. The van der Waals surface area contributed by atoms with Gasteiger partial charge in [0.2, 0.25) is 0 Å².